The number of rotatable bonds is 14. The maximum Gasteiger partial charge on any atom is 0.232 e. The lowest BCUT2D eigenvalue weighted by Crippen LogP contribution is -2.34. The Hall–Kier alpha value is -3.88. The minimum absolute atomic E-state index is 0.0740. The first-order chi connectivity index (χ1) is 15.5. The topological polar surface area (TPSA) is 116 Å². The molecule has 1 rings (SSSR count). The van der Waals surface area contributed by atoms with E-state index in [1.54, 1.807) is 9.80 Å². The van der Waals surface area contributed by atoms with Gasteiger partial charge in [-0.25, -0.2) is 6.57 Å². The Balaban J connectivity index is 2.63. The highest BCUT2D eigenvalue weighted by molar-refractivity contribution is 5.77. The van der Waals surface area contributed by atoms with Gasteiger partial charge in [0.05, 0.1) is 44.0 Å². The van der Waals surface area contributed by atoms with Crippen LogP contribution < -0.4 is 0 Å². The van der Waals surface area contributed by atoms with Gasteiger partial charge in [0.1, 0.15) is 0 Å². The fraction of sp³-hybridized carbons (Fsp3) is 0.500. The molecule has 0 atom stereocenters. The lowest BCUT2D eigenvalue weighted by atomic mass is 10.0. The molecule has 0 saturated heterocycles. The second kappa shape index (κ2) is 15.9. The van der Waals surface area contributed by atoms with Crippen LogP contribution >= 0.6 is 0 Å². The Morgan fingerprint density at radius 3 is 1.66 bits per heavy atom. The molecule has 2 amide bonds. The Morgan fingerprint density at radius 2 is 1.25 bits per heavy atom. The van der Waals surface area contributed by atoms with Crippen LogP contribution in [0.5, 0.6) is 0 Å². The van der Waals surface area contributed by atoms with E-state index in [0.717, 1.165) is 11.1 Å². The highest BCUT2D eigenvalue weighted by Gasteiger charge is 2.15. The Bertz CT molecular complexity index is 809. The Morgan fingerprint density at radius 1 is 0.812 bits per heavy atom. The normalized spacial score (nSPS) is 9.62. The summed E-state index contributed by atoms with van der Waals surface area (Å²) in [7, 11) is 0. The van der Waals surface area contributed by atoms with E-state index in [2.05, 4.69) is 4.85 Å². The van der Waals surface area contributed by atoms with E-state index >= 15 is 0 Å². The molecule has 0 aliphatic heterocycles. The van der Waals surface area contributed by atoms with E-state index in [1.165, 1.54) is 0 Å². The zero-order valence-corrected chi connectivity index (χ0v) is 18.3. The molecule has 0 unspecified atom stereocenters. The molecule has 32 heavy (non-hydrogen) atoms. The minimum Gasteiger partial charge on any atom is -0.341 e. The molecule has 1 aromatic carbocycles. The largest absolute Gasteiger partial charge is 0.341 e. The van der Waals surface area contributed by atoms with Gasteiger partial charge < -0.3 is 14.6 Å². The molecule has 0 aliphatic rings. The molecule has 8 nitrogen and oxygen atoms in total. The van der Waals surface area contributed by atoms with Crippen LogP contribution in [0.3, 0.4) is 0 Å². The van der Waals surface area contributed by atoms with Gasteiger partial charge in [0.15, 0.2) is 0 Å². The average molecular weight is 433 g/mol. The molecule has 0 aliphatic carbocycles. The molecule has 0 heterocycles. The molecule has 0 radical (unpaired) electrons. The van der Waals surface area contributed by atoms with Crippen molar-refractivity contribution in [3.05, 3.63) is 46.8 Å². The van der Waals surface area contributed by atoms with E-state index in [1.807, 2.05) is 42.5 Å². The fourth-order valence-electron chi connectivity index (χ4n) is 3.21. The van der Waals surface area contributed by atoms with Crippen LogP contribution in [0.4, 0.5) is 0 Å². The Kier molecular flexibility index (Phi) is 13.0. The van der Waals surface area contributed by atoms with Gasteiger partial charge in [-0.3, -0.25) is 9.59 Å². The third kappa shape index (κ3) is 10.2. The van der Waals surface area contributed by atoms with E-state index in [-0.39, 0.29) is 44.0 Å². The Labute approximate surface area is 190 Å². The first-order valence-corrected chi connectivity index (χ1v) is 10.6. The van der Waals surface area contributed by atoms with Crippen LogP contribution in [0.25, 0.3) is 4.85 Å². The van der Waals surface area contributed by atoms with Crippen LogP contribution in [0, 0.1) is 40.6 Å². The molecule has 0 saturated carbocycles. The van der Waals surface area contributed by atoms with Crippen molar-refractivity contribution in [2.45, 2.75) is 44.9 Å². The maximum atomic E-state index is 12.5. The lowest BCUT2D eigenvalue weighted by Gasteiger charge is -2.20. The molecule has 0 bridgehead atoms. The fourth-order valence-corrected chi connectivity index (χ4v) is 3.21. The highest BCUT2D eigenvalue weighted by Crippen LogP contribution is 2.12. The van der Waals surface area contributed by atoms with Crippen molar-refractivity contribution in [1.29, 1.82) is 15.8 Å². The average Bonchev–Trinajstić information content (AvgIpc) is 2.81. The zero-order chi connectivity index (χ0) is 23.6. The molecular formula is C24H28N6O2. The summed E-state index contributed by atoms with van der Waals surface area (Å²) in [4.78, 5) is 31.4. The summed E-state index contributed by atoms with van der Waals surface area (Å²) in [6.45, 7) is 8.45. The molecule has 0 aromatic heterocycles. The van der Waals surface area contributed by atoms with Crippen LogP contribution in [0.1, 0.15) is 43.2 Å². The highest BCUT2D eigenvalue weighted by atomic mass is 16.2. The van der Waals surface area contributed by atoms with Crippen molar-refractivity contribution < 1.29 is 9.59 Å². The van der Waals surface area contributed by atoms with Crippen molar-refractivity contribution in [3.63, 3.8) is 0 Å². The third-order valence-electron chi connectivity index (χ3n) is 4.91. The third-order valence-corrected chi connectivity index (χ3v) is 4.91. The predicted octanol–water partition coefficient (Wildman–Crippen LogP) is 2.87. The summed E-state index contributed by atoms with van der Waals surface area (Å²) in [5.41, 5.74) is 1.97. The number of amides is 2. The molecule has 0 N–H and O–H groups in total. The van der Waals surface area contributed by atoms with E-state index in [4.69, 9.17) is 22.4 Å². The first kappa shape index (κ1) is 26.2. The standard InChI is InChI=1S/C24H28N6O2/c1-28-15-19-30(18-5-14-27)24(32)11-9-22-7-2-6-21(20-22)8-10-23(31)29(16-3-12-25)17-4-13-26/h2,6-7,20H,3-5,8-11,15-19H2. The van der Waals surface area contributed by atoms with Gasteiger partial charge in [0.2, 0.25) is 18.4 Å². The van der Waals surface area contributed by atoms with E-state index in [0.29, 0.717) is 45.4 Å². The van der Waals surface area contributed by atoms with E-state index in [9.17, 15) is 9.59 Å². The van der Waals surface area contributed by atoms with Crippen LogP contribution in [0.2, 0.25) is 0 Å². The maximum absolute atomic E-state index is 12.5. The first-order valence-electron chi connectivity index (χ1n) is 10.6. The van der Waals surface area contributed by atoms with E-state index < -0.39 is 0 Å². The second-order valence-electron chi connectivity index (χ2n) is 7.19. The molecule has 8 heteroatoms. The quantitative estimate of drug-likeness (QED) is 0.419. The summed E-state index contributed by atoms with van der Waals surface area (Å²) in [5, 5.41) is 26.3. The number of nitriles is 3. The number of carbonyl (C=O) groups excluding carboxylic acids is 2. The van der Waals surface area contributed by atoms with Gasteiger partial charge in [-0.2, -0.15) is 15.8 Å². The second-order valence-corrected chi connectivity index (χ2v) is 7.19. The number of hydrogen-bond acceptors (Lipinski definition) is 5. The molecule has 1 aromatic rings. The monoisotopic (exact) mass is 432 g/mol. The number of aryl methyl sites for hydroxylation is 2. The van der Waals surface area contributed by atoms with Gasteiger partial charge in [-0.15, -0.1) is 0 Å². The number of benzene rings is 1. The van der Waals surface area contributed by atoms with Crippen LogP contribution in [0.15, 0.2) is 24.3 Å². The summed E-state index contributed by atoms with van der Waals surface area (Å²) in [6.07, 6.45) is 2.38. The summed E-state index contributed by atoms with van der Waals surface area (Å²) in [5.74, 6) is -0.154. The van der Waals surface area contributed by atoms with Gasteiger partial charge in [-0.05, 0) is 24.0 Å². The molecule has 0 fully saturated rings. The van der Waals surface area contributed by atoms with Crippen molar-refractivity contribution in [2.75, 3.05) is 32.7 Å². The van der Waals surface area contributed by atoms with Crippen molar-refractivity contribution >= 4 is 11.8 Å². The van der Waals surface area contributed by atoms with Crippen molar-refractivity contribution in [1.82, 2.24) is 9.80 Å². The summed E-state index contributed by atoms with van der Waals surface area (Å²) < 4.78 is 0. The van der Waals surface area contributed by atoms with Crippen LogP contribution in [-0.4, -0.2) is 54.3 Å². The number of carbonyl (C=O) groups is 2. The summed E-state index contributed by atoms with van der Waals surface area (Å²) in [6, 6.07) is 13.8. The van der Waals surface area contributed by atoms with Crippen molar-refractivity contribution in [3.8, 4) is 18.2 Å². The van der Waals surface area contributed by atoms with Gasteiger partial charge in [0, 0.05) is 32.5 Å². The smallest absolute Gasteiger partial charge is 0.232 e. The summed E-state index contributed by atoms with van der Waals surface area (Å²) >= 11 is 0. The SMILES string of the molecule is [C-]#[N+]CCN(CCC#N)C(=O)CCc1cccc(CCC(=O)N(CCC#N)CCC#N)c1. The van der Waals surface area contributed by atoms with Gasteiger partial charge >= 0.3 is 0 Å². The molecule has 0 spiro atoms. The lowest BCUT2D eigenvalue weighted by molar-refractivity contribution is -0.131. The van der Waals surface area contributed by atoms with Crippen molar-refractivity contribution in [2.24, 2.45) is 0 Å². The van der Waals surface area contributed by atoms with Gasteiger partial charge in [-0.1, -0.05) is 24.3 Å². The predicted molar refractivity (Wildman–Crippen MR) is 118 cm³/mol. The number of hydrogen-bond donors (Lipinski definition) is 0. The van der Waals surface area contributed by atoms with Crippen LogP contribution in [-0.2, 0) is 22.4 Å². The molecule has 166 valence electrons. The number of nitrogens with zero attached hydrogens (tertiary/aromatic N) is 6. The zero-order valence-electron chi connectivity index (χ0n) is 18.3. The minimum atomic E-state index is -0.0796. The van der Waals surface area contributed by atoms with Gasteiger partial charge in [0.25, 0.3) is 0 Å². The molecular weight excluding hydrogens is 404 g/mol.